The average molecular weight is 424 g/mol. The van der Waals surface area contributed by atoms with Gasteiger partial charge in [-0.25, -0.2) is 4.98 Å². The molecule has 1 aromatic heterocycles. The molecule has 0 saturated carbocycles. The Kier molecular flexibility index (Phi) is 6.30. The summed E-state index contributed by atoms with van der Waals surface area (Å²) in [6.45, 7) is 2.58. The largest absolute Gasteiger partial charge is 0.486 e. The van der Waals surface area contributed by atoms with E-state index in [9.17, 15) is 4.79 Å². The minimum Gasteiger partial charge on any atom is -0.486 e. The van der Waals surface area contributed by atoms with E-state index in [2.05, 4.69) is 4.90 Å². The highest BCUT2D eigenvalue weighted by Gasteiger charge is 2.20. The monoisotopic (exact) mass is 423 g/mol. The van der Waals surface area contributed by atoms with Crippen molar-refractivity contribution in [1.82, 2.24) is 9.88 Å². The number of carbonyl (C=O) groups is 1. The number of hydrogen-bond donors (Lipinski definition) is 0. The summed E-state index contributed by atoms with van der Waals surface area (Å²) in [5, 5.41) is 0.689. The van der Waals surface area contributed by atoms with Crippen molar-refractivity contribution in [2.24, 2.45) is 0 Å². The number of anilines is 1. The minimum atomic E-state index is -0.0751. The summed E-state index contributed by atoms with van der Waals surface area (Å²) in [6, 6.07) is 13.7. The van der Waals surface area contributed by atoms with Crippen LogP contribution in [0.3, 0.4) is 0 Å². The molecule has 2 aromatic carbocycles. The van der Waals surface area contributed by atoms with Crippen molar-refractivity contribution in [3.63, 3.8) is 0 Å². The van der Waals surface area contributed by atoms with Crippen LogP contribution in [-0.4, -0.2) is 56.2 Å². The number of nitrogens with zero attached hydrogens (tertiary/aromatic N) is 3. The topological polar surface area (TPSA) is 54.9 Å². The first kappa shape index (κ1) is 20.4. The van der Waals surface area contributed by atoms with Crippen molar-refractivity contribution in [1.29, 1.82) is 0 Å². The van der Waals surface area contributed by atoms with Crippen molar-refractivity contribution >= 4 is 38.7 Å². The van der Waals surface area contributed by atoms with E-state index in [0.29, 0.717) is 30.6 Å². The highest BCUT2D eigenvalue weighted by Crippen LogP contribution is 2.38. The first-order valence-corrected chi connectivity index (χ1v) is 10.8. The van der Waals surface area contributed by atoms with Crippen LogP contribution in [-0.2, 0) is 4.79 Å². The molecule has 30 heavy (non-hydrogen) atoms. The Morgan fingerprint density at radius 2 is 1.83 bits per heavy atom. The van der Waals surface area contributed by atoms with Crippen LogP contribution in [0.5, 0.6) is 11.5 Å². The maximum Gasteiger partial charge on any atom is 0.252 e. The Balaban J connectivity index is 1.61. The summed E-state index contributed by atoms with van der Waals surface area (Å²) in [6.07, 6.45) is 4.32. The van der Waals surface area contributed by atoms with Crippen LogP contribution in [0, 0.1) is 0 Å². The van der Waals surface area contributed by atoms with E-state index in [4.69, 9.17) is 14.5 Å². The van der Waals surface area contributed by atoms with Gasteiger partial charge < -0.3 is 14.4 Å². The van der Waals surface area contributed by atoms with Crippen molar-refractivity contribution in [2.75, 3.05) is 45.3 Å². The van der Waals surface area contributed by atoms with Gasteiger partial charge in [0.05, 0.1) is 10.2 Å². The van der Waals surface area contributed by atoms with Crippen molar-refractivity contribution in [3.05, 3.63) is 54.1 Å². The fourth-order valence-corrected chi connectivity index (χ4v) is 4.24. The summed E-state index contributed by atoms with van der Waals surface area (Å²) in [5.41, 5.74) is 1.81. The number of fused-ring (bicyclic) bond motifs is 2. The zero-order valence-corrected chi connectivity index (χ0v) is 18.0. The second kappa shape index (κ2) is 9.28. The van der Waals surface area contributed by atoms with E-state index in [1.54, 1.807) is 11.0 Å². The van der Waals surface area contributed by atoms with Gasteiger partial charge in [0.25, 0.3) is 5.91 Å². The Morgan fingerprint density at radius 3 is 2.57 bits per heavy atom. The maximum atomic E-state index is 13.1. The van der Waals surface area contributed by atoms with E-state index in [-0.39, 0.29) is 5.91 Å². The van der Waals surface area contributed by atoms with Gasteiger partial charge in [-0.3, -0.25) is 9.69 Å². The quantitative estimate of drug-likeness (QED) is 0.537. The van der Waals surface area contributed by atoms with Crippen molar-refractivity contribution in [2.45, 2.75) is 6.42 Å². The van der Waals surface area contributed by atoms with Crippen molar-refractivity contribution < 1.29 is 14.3 Å². The molecule has 0 unspecified atom stereocenters. The average Bonchev–Trinajstić information content (AvgIpc) is 3.16. The van der Waals surface area contributed by atoms with E-state index in [1.807, 2.05) is 62.6 Å². The lowest BCUT2D eigenvalue weighted by molar-refractivity contribution is -0.114. The molecule has 0 N–H and O–H groups in total. The molecule has 0 atom stereocenters. The Hall–Kier alpha value is -2.90. The number of thiazole rings is 1. The molecule has 0 bridgehead atoms. The molecule has 0 radical (unpaired) electrons. The molecule has 156 valence electrons. The first-order chi connectivity index (χ1) is 14.6. The number of ether oxygens (including phenoxy) is 2. The number of aromatic nitrogens is 1. The summed E-state index contributed by atoms with van der Waals surface area (Å²) in [5.74, 6) is 1.37. The SMILES string of the molecule is CN(C)CCCN(C(=O)C=Cc1ccccc1)c1nc2cc3c(cc2s1)OCCO3. The third kappa shape index (κ3) is 4.80. The van der Waals surface area contributed by atoms with Crippen molar-refractivity contribution in [3.8, 4) is 11.5 Å². The third-order valence-corrected chi connectivity index (χ3v) is 5.78. The van der Waals surface area contributed by atoms with Gasteiger partial charge in [0.2, 0.25) is 0 Å². The summed E-state index contributed by atoms with van der Waals surface area (Å²) < 4.78 is 12.3. The van der Waals surface area contributed by atoms with E-state index in [1.165, 1.54) is 11.3 Å². The summed E-state index contributed by atoms with van der Waals surface area (Å²) >= 11 is 1.50. The highest BCUT2D eigenvalue weighted by molar-refractivity contribution is 7.22. The summed E-state index contributed by atoms with van der Waals surface area (Å²) in [4.78, 5) is 21.7. The van der Waals surface area contributed by atoms with Crippen LogP contribution in [0.1, 0.15) is 12.0 Å². The second-order valence-electron chi connectivity index (χ2n) is 7.35. The zero-order valence-electron chi connectivity index (χ0n) is 17.2. The van der Waals surface area contributed by atoms with Gasteiger partial charge in [-0.1, -0.05) is 41.7 Å². The Labute approximate surface area is 180 Å². The third-order valence-electron chi connectivity index (χ3n) is 4.74. The second-order valence-corrected chi connectivity index (χ2v) is 8.36. The predicted molar refractivity (Wildman–Crippen MR) is 122 cm³/mol. The highest BCUT2D eigenvalue weighted by atomic mass is 32.1. The molecule has 0 aliphatic carbocycles. The van der Waals surface area contributed by atoms with Crippen LogP contribution in [0.4, 0.5) is 5.13 Å². The molecular formula is C23H25N3O3S. The number of carbonyl (C=O) groups excluding carboxylic acids is 1. The van der Waals surface area contributed by atoms with Crippen LogP contribution in [0.2, 0.25) is 0 Å². The van der Waals surface area contributed by atoms with Gasteiger partial charge in [0.15, 0.2) is 16.6 Å². The van der Waals surface area contributed by atoms with Crippen LogP contribution < -0.4 is 14.4 Å². The van der Waals surface area contributed by atoms with Gasteiger partial charge in [-0.15, -0.1) is 0 Å². The number of amides is 1. The van der Waals surface area contributed by atoms with Crippen LogP contribution >= 0.6 is 11.3 Å². The molecule has 1 aliphatic rings. The minimum absolute atomic E-state index is 0.0751. The molecule has 2 heterocycles. The van der Waals surface area contributed by atoms with E-state index >= 15 is 0 Å². The Morgan fingerprint density at radius 1 is 1.10 bits per heavy atom. The molecule has 1 aliphatic heterocycles. The smallest absolute Gasteiger partial charge is 0.252 e. The lowest BCUT2D eigenvalue weighted by atomic mass is 10.2. The molecule has 3 aromatic rings. The normalized spacial score (nSPS) is 13.3. The fraction of sp³-hybridized carbons (Fsp3) is 0.304. The molecule has 4 rings (SSSR count). The number of rotatable bonds is 7. The van der Waals surface area contributed by atoms with Gasteiger partial charge in [0, 0.05) is 24.8 Å². The standard InChI is InChI=1S/C23H25N3O3S/c1-25(2)11-6-12-26(22(27)10-9-17-7-4-3-5-8-17)23-24-18-15-19-20(16-21(18)30-23)29-14-13-28-19/h3-5,7-10,15-16H,6,11-14H2,1-2H3. The van der Waals surface area contributed by atoms with Gasteiger partial charge in [-0.2, -0.15) is 0 Å². The summed E-state index contributed by atoms with van der Waals surface area (Å²) in [7, 11) is 4.06. The lowest BCUT2D eigenvalue weighted by Crippen LogP contribution is -2.32. The van der Waals surface area contributed by atoms with Crippen LogP contribution in [0.15, 0.2) is 48.5 Å². The molecule has 0 saturated heterocycles. The van der Waals surface area contributed by atoms with Gasteiger partial charge in [0.1, 0.15) is 13.2 Å². The van der Waals surface area contributed by atoms with E-state index in [0.717, 1.165) is 34.5 Å². The molecule has 1 amide bonds. The molecular weight excluding hydrogens is 398 g/mol. The molecule has 0 spiro atoms. The van der Waals surface area contributed by atoms with E-state index < -0.39 is 0 Å². The fourth-order valence-electron chi connectivity index (χ4n) is 3.23. The lowest BCUT2D eigenvalue weighted by Gasteiger charge is -2.19. The zero-order chi connectivity index (χ0) is 20.9. The predicted octanol–water partition coefficient (Wildman–Crippen LogP) is 4.07. The first-order valence-electron chi connectivity index (χ1n) is 10.00. The Bertz CT molecular complexity index is 1000. The van der Waals surface area contributed by atoms with Gasteiger partial charge in [-0.05, 0) is 38.7 Å². The maximum absolute atomic E-state index is 13.1. The number of benzene rings is 2. The molecule has 0 fully saturated rings. The van der Waals surface area contributed by atoms with Gasteiger partial charge >= 0.3 is 0 Å². The molecule has 7 heteroatoms. The van der Waals surface area contributed by atoms with Crippen LogP contribution in [0.25, 0.3) is 16.3 Å². The number of hydrogen-bond acceptors (Lipinski definition) is 6. The molecule has 6 nitrogen and oxygen atoms in total.